The van der Waals surface area contributed by atoms with Crippen LogP contribution in [0.5, 0.6) is 0 Å². The molecule has 4 nitrogen and oxygen atoms in total. The van der Waals surface area contributed by atoms with E-state index in [9.17, 15) is 9.50 Å². The lowest BCUT2D eigenvalue weighted by atomic mass is 10.1. The van der Waals surface area contributed by atoms with E-state index in [1.807, 2.05) is 6.92 Å². The van der Waals surface area contributed by atoms with E-state index in [1.54, 1.807) is 18.2 Å². The summed E-state index contributed by atoms with van der Waals surface area (Å²) in [5.74, 6) is -0.313. The van der Waals surface area contributed by atoms with Crippen LogP contribution in [0.2, 0.25) is 0 Å². The zero-order valence-corrected chi connectivity index (χ0v) is 11.1. The topological polar surface area (TPSA) is 47.9 Å². The number of aliphatic hydroxyl groups excluding tert-OH is 1. The van der Waals surface area contributed by atoms with Crippen molar-refractivity contribution < 1.29 is 23.7 Å². The fourth-order valence-electron chi connectivity index (χ4n) is 2.24. The summed E-state index contributed by atoms with van der Waals surface area (Å²) in [7, 11) is 1.47. The van der Waals surface area contributed by atoms with Crippen LogP contribution in [0.25, 0.3) is 0 Å². The smallest absolute Gasteiger partial charge is 0.186 e. The van der Waals surface area contributed by atoms with Crippen molar-refractivity contribution in [1.29, 1.82) is 0 Å². The van der Waals surface area contributed by atoms with Crippen molar-refractivity contribution in [2.45, 2.75) is 44.6 Å². The van der Waals surface area contributed by atoms with Gasteiger partial charge in [-0.05, 0) is 12.5 Å². The van der Waals surface area contributed by atoms with Gasteiger partial charge in [0.25, 0.3) is 0 Å². The van der Waals surface area contributed by atoms with Crippen LogP contribution in [0.1, 0.15) is 18.9 Å². The van der Waals surface area contributed by atoms with Crippen molar-refractivity contribution in [3.05, 3.63) is 35.6 Å². The van der Waals surface area contributed by atoms with E-state index < -0.39 is 18.5 Å². The Hall–Kier alpha value is -1.01. The van der Waals surface area contributed by atoms with Gasteiger partial charge in [-0.3, -0.25) is 0 Å². The monoisotopic (exact) mass is 270 g/mol. The lowest BCUT2D eigenvalue weighted by Crippen LogP contribution is -2.35. The van der Waals surface area contributed by atoms with E-state index in [1.165, 1.54) is 13.2 Å². The molecule has 0 radical (unpaired) electrons. The SMILES string of the molecule is CC[C@H]1OC(OC)[C@H](O)[C@H]1OCc1ccccc1F. The molecule has 4 atom stereocenters. The average Bonchev–Trinajstić information content (AvgIpc) is 2.74. The van der Waals surface area contributed by atoms with Crippen LogP contribution in [0, 0.1) is 5.82 Å². The largest absolute Gasteiger partial charge is 0.385 e. The predicted octanol–water partition coefficient (Wildman–Crippen LogP) is 1.85. The van der Waals surface area contributed by atoms with Gasteiger partial charge in [-0.1, -0.05) is 25.1 Å². The van der Waals surface area contributed by atoms with Gasteiger partial charge < -0.3 is 19.3 Å². The highest BCUT2D eigenvalue weighted by Crippen LogP contribution is 2.27. The second-order valence-corrected chi connectivity index (χ2v) is 4.54. The summed E-state index contributed by atoms with van der Waals surface area (Å²) < 4.78 is 29.7. The Kier molecular flexibility index (Phi) is 4.87. The number of aliphatic hydroxyl groups is 1. The summed E-state index contributed by atoms with van der Waals surface area (Å²) in [6.45, 7) is 2.04. The molecule has 1 aliphatic rings. The number of benzene rings is 1. The van der Waals surface area contributed by atoms with Crippen molar-refractivity contribution in [3.8, 4) is 0 Å². The number of hydrogen-bond acceptors (Lipinski definition) is 4. The first-order chi connectivity index (χ1) is 9.17. The predicted molar refractivity (Wildman–Crippen MR) is 66.9 cm³/mol. The summed E-state index contributed by atoms with van der Waals surface area (Å²) in [4.78, 5) is 0. The molecule has 0 bridgehead atoms. The van der Waals surface area contributed by atoms with Gasteiger partial charge in [0.1, 0.15) is 18.0 Å². The lowest BCUT2D eigenvalue weighted by Gasteiger charge is -2.19. The Morgan fingerprint density at radius 1 is 1.37 bits per heavy atom. The minimum absolute atomic E-state index is 0.102. The molecule has 1 aromatic rings. The Balaban J connectivity index is 2.00. The molecule has 1 unspecified atom stereocenters. The molecule has 1 N–H and O–H groups in total. The molecule has 1 fully saturated rings. The minimum Gasteiger partial charge on any atom is -0.385 e. The van der Waals surface area contributed by atoms with E-state index in [0.29, 0.717) is 12.0 Å². The van der Waals surface area contributed by atoms with Gasteiger partial charge in [-0.25, -0.2) is 4.39 Å². The molecule has 1 heterocycles. The fraction of sp³-hybridized carbons (Fsp3) is 0.571. The van der Waals surface area contributed by atoms with Crippen LogP contribution in [-0.2, 0) is 20.8 Å². The second-order valence-electron chi connectivity index (χ2n) is 4.54. The lowest BCUT2D eigenvalue weighted by molar-refractivity contribution is -0.148. The van der Waals surface area contributed by atoms with Gasteiger partial charge in [0.05, 0.1) is 12.7 Å². The van der Waals surface area contributed by atoms with Crippen molar-refractivity contribution in [1.82, 2.24) is 0 Å². The third kappa shape index (κ3) is 3.12. The Labute approximate surface area is 112 Å². The van der Waals surface area contributed by atoms with E-state index in [4.69, 9.17) is 14.2 Å². The molecule has 0 saturated carbocycles. The van der Waals surface area contributed by atoms with Gasteiger partial charge >= 0.3 is 0 Å². The first kappa shape index (κ1) is 14.4. The maximum absolute atomic E-state index is 13.5. The summed E-state index contributed by atoms with van der Waals surface area (Å²) >= 11 is 0. The van der Waals surface area contributed by atoms with Crippen molar-refractivity contribution in [2.75, 3.05) is 7.11 Å². The second kappa shape index (κ2) is 6.43. The molecule has 1 aromatic carbocycles. The van der Waals surface area contributed by atoms with E-state index >= 15 is 0 Å². The van der Waals surface area contributed by atoms with Gasteiger partial charge in [-0.15, -0.1) is 0 Å². The number of ether oxygens (including phenoxy) is 3. The van der Waals surface area contributed by atoms with E-state index in [0.717, 1.165) is 0 Å². The van der Waals surface area contributed by atoms with E-state index in [-0.39, 0.29) is 18.5 Å². The molecule has 0 amide bonds. The van der Waals surface area contributed by atoms with Crippen LogP contribution < -0.4 is 0 Å². The van der Waals surface area contributed by atoms with Gasteiger partial charge in [0, 0.05) is 12.7 Å². The first-order valence-corrected chi connectivity index (χ1v) is 6.38. The molecule has 2 rings (SSSR count). The standard InChI is InChI=1S/C14H19FO4/c1-3-11-13(12(16)14(17-2)19-11)18-8-9-6-4-5-7-10(9)15/h4-7,11-14,16H,3,8H2,1-2H3/t11-,12-,13+,14?/m1/s1. The first-order valence-electron chi connectivity index (χ1n) is 6.38. The average molecular weight is 270 g/mol. The summed E-state index contributed by atoms with van der Waals surface area (Å²) in [5.41, 5.74) is 0.463. The molecule has 0 aliphatic carbocycles. The van der Waals surface area contributed by atoms with Gasteiger partial charge in [0.2, 0.25) is 0 Å². The van der Waals surface area contributed by atoms with Crippen LogP contribution in [0.15, 0.2) is 24.3 Å². The summed E-state index contributed by atoms with van der Waals surface area (Å²) in [5, 5.41) is 10.0. The Bertz CT molecular complexity index is 410. The molecule has 0 spiro atoms. The minimum atomic E-state index is -0.860. The highest BCUT2D eigenvalue weighted by Gasteiger charge is 2.43. The maximum atomic E-state index is 13.5. The molecule has 5 heteroatoms. The highest BCUT2D eigenvalue weighted by atomic mass is 19.1. The number of hydrogen-bond donors (Lipinski definition) is 1. The highest BCUT2D eigenvalue weighted by molar-refractivity contribution is 5.16. The van der Waals surface area contributed by atoms with Crippen LogP contribution in [0.4, 0.5) is 4.39 Å². The zero-order chi connectivity index (χ0) is 13.8. The van der Waals surface area contributed by atoms with Gasteiger partial charge in [0.15, 0.2) is 6.29 Å². The van der Waals surface area contributed by atoms with E-state index in [2.05, 4.69) is 0 Å². The van der Waals surface area contributed by atoms with Crippen molar-refractivity contribution >= 4 is 0 Å². The fourth-order valence-corrected chi connectivity index (χ4v) is 2.24. The summed E-state index contributed by atoms with van der Waals surface area (Å²) in [6.07, 6.45) is -1.60. The normalized spacial score (nSPS) is 30.7. The third-order valence-electron chi connectivity index (χ3n) is 3.31. The van der Waals surface area contributed by atoms with Crippen molar-refractivity contribution in [3.63, 3.8) is 0 Å². The summed E-state index contributed by atoms with van der Waals surface area (Å²) in [6, 6.07) is 6.42. The number of methoxy groups -OCH3 is 1. The molecular formula is C14H19FO4. The molecule has 106 valence electrons. The van der Waals surface area contributed by atoms with Crippen LogP contribution >= 0.6 is 0 Å². The van der Waals surface area contributed by atoms with Gasteiger partial charge in [-0.2, -0.15) is 0 Å². The Morgan fingerprint density at radius 2 is 2.11 bits per heavy atom. The molecule has 1 saturated heterocycles. The molecule has 0 aromatic heterocycles. The molecule has 1 aliphatic heterocycles. The van der Waals surface area contributed by atoms with Crippen LogP contribution in [0.3, 0.4) is 0 Å². The van der Waals surface area contributed by atoms with Crippen molar-refractivity contribution in [2.24, 2.45) is 0 Å². The number of rotatable bonds is 5. The maximum Gasteiger partial charge on any atom is 0.186 e. The quantitative estimate of drug-likeness (QED) is 0.887. The molecule has 19 heavy (non-hydrogen) atoms. The Morgan fingerprint density at radius 3 is 2.74 bits per heavy atom. The van der Waals surface area contributed by atoms with Crippen LogP contribution in [-0.4, -0.2) is 36.8 Å². The number of halogens is 1. The molecular weight excluding hydrogens is 251 g/mol. The zero-order valence-electron chi connectivity index (χ0n) is 11.1. The third-order valence-corrected chi connectivity index (χ3v) is 3.31.